The Labute approximate surface area is 84.5 Å². The molecule has 4 heteroatoms. The summed E-state index contributed by atoms with van der Waals surface area (Å²) in [6.45, 7) is 1.14. The number of hydrogen-bond donors (Lipinski definition) is 1. The minimum atomic E-state index is 0.509. The first-order valence-electron chi connectivity index (χ1n) is 4.20. The fourth-order valence-electron chi connectivity index (χ4n) is 1.49. The highest BCUT2D eigenvalue weighted by Crippen LogP contribution is 2.26. The molecule has 0 bridgehead atoms. The standard InChI is InChI=1S/C8H11BrN2S/c9-7-5-12-8(11-7)6-3-1-2-4-10-6/h5-6,10H,1-4H2. The summed E-state index contributed by atoms with van der Waals surface area (Å²) in [5, 5.41) is 6.75. The van der Waals surface area contributed by atoms with Crippen LogP contribution in [0.15, 0.2) is 9.98 Å². The number of halogens is 1. The van der Waals surface area contributed by atoms with Gasteiger partial charge in [0.1, 0.15) is 9.61 Å². The van der Waals surface area contributed by atoms with E-state index in [-0.39, 0.29) is 0 Å². The lowest BCUT2D eigenvalue weighted by molar-refractivity contribution is 0.411. The van der Waals surface area contributed by atoms with Crippen molar-refractivity contribution in [3.05, 3.63) is 15.0 Å². The van der Waals surface area contributed by atoms with Crippen molar-refractivity contribution >= 4 is 27.3 Å². The Balaban J connectivity index is 2.08. The van der Waals surface area contributed by atoms with Gasteiger partial charge >= 0.3 is 0 Å². The summed E-state index contributed by atoms with van der Waals surface area (Å²) in [5.41, 5.74) is 0. The quantitative estimate of drug-likeness (QED) is 0.825. The van der Waals surface area contributed by atoms with E-state index in [1.54, 1.807) is 11.3 Å². The van der Waals surface area contributed by atoms with Crippen LogP contribution < -0.4 is 5.32 Å². The second kappa shape index (κ2) is 3.85. The zero-order chi connectivity index (χ0) is 8.39. The van der Waals surface area contributed by atoms with Crippen molar-refractivity contribution in [2.24, 2.45) is 0 Å². The van der Waals surface area contributed by atoms with Crippen LogP contribution in [0.3, 0.4) is 0 Å². The van der Waals surface area contributed by atoms with Gasteiger partial charge in [-0.3, -0.25) is 0 Å². The van der Waals surface area contributed by atoms with Gasteiger partial charge in [-0.15, -0.1) is 11.3 Å². The maximum atomic E-state index is 4.41. The van der Waals surface area contributed by atoms with Crippen molar-refractivity contribution in [2.75, 3.05) is 6.54 Å². The molecule has 1 atom stereocenters. The molecule has 1 N–H and O–H groups in total. The van der Waals surface area contributed by atoms with Gasteiger partial charge in [0, 0.05) is 5.38 Å². The van der Waals surface area contributed by atoms with Crippen LogP contribution in [0.25, 0.3) is 0 Å². The predicted molar refractivity (Wildman–Crippen MR) is 54.4 cm³/mol. The van der Waals surface area contributed by atoms with Gasteiger partial charge in [-0.1, -0.05) is 6.42 Å². The lowest BCUT2D eigenvalue weighted by atomic mass is 10.1. The fourth-order valence-corrected chi connectivity index (χ4v) is 2.87. The fraction of sp³-hybridized carbons (Fsp3) is 0.625. The summed E-state index contributed by atoms with van der Waals surface area (Å²) in [4.78, 5) is 4.41. The molecule has 1 aliphatic heterocycles. The molecular weight excluding hydrogens is 236 g/mol. The lowest BCUT2D eigenvalue weighted by Gasteiger charge is -2.20. The van der Waals surface area contributed by atoms with Crippen molar-refractivity contribution in [1.82, 2.24) is 10.3 Å². The van der Waals surface area contributed by atoms with Crippen molar-refractivity contribution in [2.45, 2.75) is 25.3 Å². The first kappa shape index (κ1) is 8.66. The van der Waals surface area contributed by atoms with Crippen LogP contribution >= 0.6 is 27.3 Å². The average molecular weight is 247 g/mol. The summed E-state index contributed by atoms with van der Waals surface area (Å²) in [6.07, 6.45) is 3.87. The Bertz CT molecular complexity index is 255. The molecule has 66 valence electrons. The Hall–Kier alpha value is 0.0700. The number of aromatic nitrogens is 1. The first-order chi connectivity index (χ1) is 5.86. The molecule has 0 radical (unpaired) electrons. The smallest absolute Gasteiger partial charge is 0.117 e. The summed E-state index contributed by atoms with van der Waals surface area (Å²) in [5.74, 6) is 0. The van der Waals surface area contributed by atoms with Crippen LogP contribution in [0.1, 0.15) is 30.3 Å². The van der Waals surface area contributed by atoms with Gasteiger partial charge in [0.15, 0.2) is 0 Å². The summed E-state index contributed by atoms with van der Waals surface area (Å²) in [6, 6.07) is 0.509. The molecule has 1 aromatic heterocycles. The second-order valence-electron chi connectivity index (χ2n) is 3.01. The average Bonchev–Trinajstić information content (AvgIpc) is 2.54. The Morgan fingerprint density at radius 3 is 3.08 bits per heavy atom. The Morgan fingerprint density at radius 2 is 2.50 bits per heavy atom. The van der Waals surface area contributed by atoms with Crippen molar-refractivity contribution in [1.29, 1.82) is 0 Å². The highest BCUT2D eigenvalue weighted by molar-refractivity contribution is 9.10. The molecule has 1 fully saturated rings. The van der Waals surface area contributed by atoms with Crippen molar-refractivity contribution in [3.8, 4) is 0 Å². The monoisotopic (exact) mass is 246 g/mol. The third-order valence-electron chi connectivity index (χ3n) is 2.10. The zero-order valence-corrected chi connectivity index (χ0v) is 9.12. The van der Waals surface area contributed by atoms with E-state index in [0.717, 1.165) is 11.1 Å². The molecule has 1 aliphatic rings. The first-order valence-corrected chi connectivity index (χ1v) is 5.88. The molecule has 1 unspecified atom stereocenters. The Kier molecular flexibility index (Phi) is 2.78. The maximum absolute atomic E-state index is 4.41. The summed E-state index contributed by atoms with van der Waals surface area (Å²) in [7, 11) is 0. The van der Waals surface area contributed by atoms with Crippen LogP contribution in [0.2, 0.25) is 0 Å². The molecule has 0 spiro atoms. The van der Waals surface area contributed by atoms with Gasteiger partial charge in [0.05, 0.1) is 6.04 Å². The number of piperidine rings is 1. The van der Waals surface area contributed by atoms with E-state index in [9.17, 15) is 0 Å². The van der Waals surface area contributed by atoms with Crippen LogP contribution in [0, 0.1) is 0 Å². The Morgan fingerprint density at radius 1 is 1.58 bits per heavy atom. The SMILES string of the molecule is Brc1csc(C2CCCCN2)n1. The molecule has 0 amide bonds. The summed E-state index contributed by atoms with van der Waals surface area (Å²) < 4.78 is 0.967. The van der Waals surface area contributed by atoms with E-state index < -0.39 is 0 Å². The van der Waals surface area contributed by atoms with Crippen LogP contribution in [-0.4, -0.2) is 11.5 Å². The molecule has 1 aromatic rings. The van der Waals surface area contributed by atoms with Crippen molar-refractivity contribution < 1.29 is 0 Å². The van der Waals surface area contributed by atoms with Crippen LogP contribution in [0.4, 0.5) is 0 Å². The third kappa shape index (κ3) is 1.87. The van der Waals surface area contributed by atoms with Gasteiger partial charge in [-0.2, -0.15) is 0 Å². The normalized spacial score (nSPS) is 24.2. The van der Waals surface area contributed by atoms with Crippen LogP contribution in [0.5, 0.6) is 0 Å². The van der Waals surface area contributed by atoms with Gasteiger partial charge in [0.25, 0.3) is 0 Å². The van der Waals surface area contributed by atoms with Gasteiger partial charge < -0.3 is 5.32 Å². The number of thiazole rings is 1. The van der Waals surface area contributed by atoms with Gasteiger partial charge in [-0.05, 0) is 35.3 Å². The lowest BCUT2D eigenvalue weighted by Crippen LogP contribution is -2.26. The molecule has 2 rings (SSSR count). The number of nitrogens with zero attached hydrogens (tertiary/aromatic N) is 1. The zero-order valence-electron chi connectivity index (χ0n) is 6.72. The molecule has 0 aromatic carbocycles. The van der Waals surface area contributed by atoms with Gasteiger partial charge in [0.2, 0.25) is 0 Å². The minimum Gasteiger partial charge on any atom is -0.308 e. The highest BCUT2D eigenvalue weighted by Gasteiger charge is 2.17. The molecule has 1 saturated heterocycles. The number of rotatable bonds is 1. The molecule has 0 saturated carbocycles. The topological polar surface area (TPSA) is 24.9 Å². The highest BCUT2D eigenvalue weighted by atomic mass is 79.9. The third-order valence-corrected chi connectivity index (χ3v) is 3.77. The van der Waals surface area contributed by atoms with E-state index in [4.69, 9.17) is 0 Å². The maximum Gasteiger partial charge on any atom is 0.117 e. The number of nitrogens with one attached hydrogen (secondary N) is 1. The number of hydrogen-bond acceptors (Lipinski definition) is 3. The van der Waals surface area contributed by atoms with Gasteiger partial charge in [-0.25, -0.2) is 4.98 Å². The minimum absolute atomic E-state index is 0.509. The van der Waals surface area contributed by atoms with Crippen LogP contribution in [-0.2, 0) is 0 Å². The molecule has 2 heterocycles. The van der Waals surface area contributed by atoms with Crippen molar-refractivity contribution in [3.63, 3.8) is 0 Å². The summed E-state index contributed by atoms with van der Waals surface area (Å²) >= 11 is 5.11. The van der Waals surface area contributed by atoms with E-state index >= 15 is 0 Å². The molecular formula is C8H11BrN2S. The van der Waals surface area contributed by atoms with E-state index in [0.29, 0.717) is 6.04 Å². The van der Waals surface area contributed by atoms with E-state index in [1.165, 1.54) is 24.3 Å². The molecule has 2 nitrogen and oxygen atoms in total. The predicted octanol–water partition coefficient (Wildman–Crippen LogP) is 2.72. The van der Waals surface area contributed by atoms with E-state index in [2.05, 4.69) is 26.2 Å². The second-order valence-corrected chi connectivity index (χ2v) is 4.71. The molecule has 12 heavy (non-hydrogen) atoms. The molecule has 0 aliphatic carbocycles. The van der Waals surface area contributed by atoms with E-state index in [1.807, 2.05) is 5.38 Å². The largest absolute Gasteiger partial charge is 0.308 e.